The van der Waals surface area contributed by atoms with E-state index in [1.54, 1.807) is 7.11 Å². The van der Waals surface area contributed by atoms with Gasteiger partial charge in [0.1, 0.15) is 11.8 Å². The Balaban J connectivity index is 2.22. The molecule has 1 fully saturated rings. The molecule has 1 N–H and O–H groups in total. The van der Waals surface area contributed by atoms with Crippen LogP contribution < -0.4 is 15.0 Å². The number of benzene rings is 1. The molecule has 1 aromatic rings. The van der Waals surface area contributed by atoms with Crippen molar-refractivity contribution in [1.82, 2.24) is 5.32 Å². The van der Waals surface area contributed by atoms with Gasteiger partial charge in [-0.15, -0.1) is 0 Å². The fraction of sp³-hybridized carbons (Fsp3) is 0.533. The Kier molecular flexibility index (Phi) is 4.64. The predicted molar refractivity (Wildman–Crippen MR) is 76.6 cm³/mol. The van der Waals surface area contributed by atoms with Gasteiger partial charge in [0.15, 0.2) is 0 Å². The van der Waals surface area contributed by atoms with E-state index >= 15 is 0 Å². The lowest BCUT2D eigenvalue weighted by Gasteiger charge is -2.35. The molecule has 1 aliphatic rings. The molecule has 4 heteroatoms. The molecule has 19 heavy (non-hydrogen) atoms. The quantitative estimate of drug-likeness (QED) is 0.898. The number of piperidine rings is 1. The van der Waals surface area contributed by atoms with Crippen LogP contribution in [0.15, 0.2) is 18.2 Å². The summed E-state index contributed by atoms with van der Waals surface area (Å²) in [7, 11) is 3.65. The molecule has 0 spiro atoms. The van der Waals surface area contributed by atoms with E-state index in [4.69, 9.17) is 4.74 Å². The SMILES string of the molecule is CNCC1CCCN(c2cc(OC)ccc2C#N)C1. The molecule has 0 aromatic heterocycles. The van der Waals surface area contributed by atoms with Gasteiger partial charge >= 0.3 is 0 Å². The first kappa shape index (κ1) is 13.7. The minimum absolute atomic E-state index is 0.650. The summed E-state index contributed by atoms with van der Waals surface area (Å²) in [6, 6.07) is 7.94. The molecule has 1 atom stereocenters. The molecule has 1 unspecified atom stereocenters. The summed E-state index contributed by atoms with van der Waals surface area (Å²) in [5.74, 6) is 1.46. The van der Waals surface area contributed by atoms with Gasteiger partial charge in [-0.05, 0) is 44.5 Å². The third-order valence-electron chi connectivity index (χ3n) is 3.68. The molecule has 0 amide bonds. The Morgan fingerprint density at radius 3 is 3.05 bits per heavy atom. The zero-order valence-corrected chi connectivity index (χ0v) is 11.6. The standard InChI is InChI=1S/C15H21N3O/c1-17-10-12-4-3-7-18(11-12)15-8-14(19-2)6-5-13(15)9-16/h5-6,8,12,17H,3-4,7,10-11H2,1-2H3. The van der Waals surface area contributed by atoms with E-state index < -0.39 is 0 Å². The molecule has 0 bridgehead atoms. The molecule has 1 aliphatic heterocycles. The monoisotopic (exact) mass is 259 g/mol. The number of anilines is 1. The molecule has 4 nitrogen and oxygen atoms in total. The second-order valence-corrected chi connectivity index (χ2v) is 5.01. The molecule has 1 heterocycles. The van der Waals surface area contributed by atoms with Crippen molar-refractivity contribution in [2.24, 2.45) is 5.92 Å². The summed E-state index contributed by atoms with van der Waals surface area (Å²) in [5, 5.41) is 12.5. The van der Waals surface area contributed by atoms with Gasteiger partial charge in [0.05, 0.1) is 18.4 Å². The van der Waals surface area contributed by atoms with Crippen LogP contribution >= 0.6 is 0 Å². The van der Waals surface area contributed by atoms with Crippen molar-refractivity contribution in [2.45, 2.75) is 12.8 Å². The van der Waals surface area contributed by atoms with E-state index in [9.17, 15) is 5.26 Å². The number of nitrogens with one attached hydrogen (secondary N) is 1. The highest BCUT2D eigenvalue weighted by Crippen LogP contribution is 2.29. The topological polar surface area (TPSA) is 48.3 Å². The van der Waals surface area contributed by atoms with Crippen molar-refractivity contribution in [3.63, 3.8) is 0 Å². The molecule has 2 rings (SSSR count). The second kappa shape index (κ2) is 6.44. The minimum Gasteiger partial charge on any atom is -0.497 e. The van der Waals surface area contributed by atoms with Crippen LogP contribution in [0.2, 0.25) is 0 Å². The third kappa shape index (κ3) is 3.18. The van der Waals surface area contributed by atoms with Crippen LogP contribution in [0.1, 0.15) is 18.4 Å². The number of nitriles is 1. The van der Waals surface area contributed by atoms with Crippen LogP contribution in [0.25, 0.3) is 0 Å². The normalized spacial score (nSPS) is 19.0. The van der Waals surface area contributed by atoms with E-state index in [1.807, 2.05) is 25.2 Å². The molecular formula is C15H21N3O. The van der Waals surface area contributed by atoms with Gasteiger partial charge in [0, 0.05) is 19.2 Å². The maximum Gasteiger partial charge on any atom is 0.121 e. The highest BCUT2D eigenvalue weighted by Gasteiger charge is 2.21. The lowest BCUT2D eigenvalue weighted by Crippen LogP contribution is -2.39. The Hall–Kier alpha value is -1.73. The summed E-state index contributed by atoms with van der Waals surface area (Å²) in [5.41, 5.74) is 1.73. The first-order chi connectivity index (χ1) is 9.28. The van der Waals surface area contributed by atoms with Gasteiger partial charge in [-0.1, -0.05) is 0 Å². The molecule has 102 valence electrons. The number of ether oxygens (including phenoxy) is 1. The Labute approximate surface area is 115 Å². The largest absolute Gasteiger partial charge is 0.497 e. The maximum absolute atomic E-state index is 9.25. The lowest BCUT2D eigenvalue weighted by atomic mass is 9.97. The molecule has 1 aromatic carbocycles. The van der Waals surface area contributed by atoms with E-state index in [1.165, 1.54) is 12.8 Å². The molecule has 0 aliphatic carbocycles. The van der Waals surface area contributed by atoms with Crippen molar-refractivity contribution in [2.75, 3.05) is 38.7 Å². The Morgan fingerprint density at radius 1 is 1.53 bits per heavy atom. The Morgan fingerprint density at radius 2 is 2.37 bits per heavy atom. The predicted octanol–water partition coefficient (Wildman–Crippen LogP) is 2.00. The van der Waals surface area contributed by atoms with Crippen LogP contribution in [0.5, 0.6) is 5.75 Å². The third-order valence-corrected chi connectivity index (χ3v) is 3.68. The second-order valence-electron chi connectivity index (χ2n) is 5.01. The van der Waals surface area contributed by atoms with Gasteiger partial charge < -0.3 is 15.0 Å². The average molecular weight is 259 g/mol. The van der Waals surface area contributed by atoms with Crippen molar-refractivity contribution in [3.8, 4) is 11.8 Å². The first-order valence-electron chi connectivity index (χ1n) is 6.76. The summed E-state index contributed by atoms with van der Waals surface area (Å²) in [6.07, 6.45) is 2.43. The average Bonchev–Trinajstić information content (AvgIpc) is 2.47. The van der Waals surface area contributed by atoms with Gasteiger partial charge in [0.25, 0.3) is 0 Å². The van der Waals surface area contributed by atoms with E-state index in [2.05, 4.69) is 16.3 Å². The molecule has 1 saturated heterocycles. The molecule has 0 radical (unpaired) electrons. The smallest absolute Gasteiger partial charge is 0.121 e. The first-order valence-corrected chi connectivity index (χ1v) is 6.76. The van der Waals surface area contributed by atoms with Gasteiger partial charge in [0.2, 0.25) is 0 Å². The van der Waals surface area contributed by atoms with Gasteiger partial charge in [-0.3, -0.25) is 0 Å². The molecule has 0 saturated carbocycles. The van der Waals surface area contributed by atoms with Gasteiger partial charge in [-0.2, -0.15) is 5.26 Å². The highest BCUT2D eigenvalue weighted by atomic mass is 16.5. The highest BCUT2D eigenvalue weighted by molar-refractivity contribution is 5.62. The van der Waals surface area contributed by atoms with Gasteiger partial charge in [-0.25, -0.2) is 0 Å². The summed E-state index contributed by atoms with van der Waals surface area (Å²) in [4.78, 5) is 2.31. The number of hydrogen-bond acceptors (Lipinski definition) is 4. The number of methoxy groups -OCH3 is 1. The fourth-order valence-corrected chi connectivity index (χ4v) is 2.73. The van der Waals surface area contributed by atoms with Crippen LogP contribution in [-0.2, 0) is 0 Å². The van der Waals surface area contributed by atoms with Crippen molar-refractivity contribution in [1.29, 1.82) is 5.26 Å². The Bertz CT molecular complexity index is 465. The molecular weight excluding hydrogens is 238 g/mol. The van der Waals surface area contributed by atoms with Crippen LogP contribution in [0.3, 0.4) is 0 Å². The van der Waals surface area contributed by atoms with Crippen molar-refractivity contribution >= 4 is 5.69 Å². The number of hydrogen-bond donors (Lipinski definition) is 1. The minimum atomic E-state index is 0.650. The summed E-state index contributed by atoms with van der Waals surface area (Å²) in [6.45, 7) is 3.05. The lowest BCUT2D eigenvalue weighted by molar-refractivity contribution is 0.400. The number of nitrogens with zero attached hydrogens (tertiary/aromatic N) is 2. The fourth-order valence-electron chi connectivity index (χ4n) is 2.73. The summed E-state index contributed by atoms with van der Waals surface area (Å²) < 4.78 is 5.27. The van der Waals surface area contributed by atoms with Crippen molar-refractivity contribution in [3.05, 3.63) is 23.8 Å². The van der Waals surface area contributed by atoms with Crippen LogP contribution in [-0.4, -0.2) is 33.8 Å². The van der Waals surface area contributed by atoms with Crippen LogP contribution in [0, 0.1) is 17.2 Å². The zero-order chi connectivity index (χ0) is 13.7. The summed E-state index contributed by atoms with van der Waals surface area (Å²) >= 11 is 0. The van der Waals surface area contributed by atoms with E-state index in [0.717, 1.165) is 36.6 Å². The van der Waals surface area contributed by atoms with Crippen molar-refractivity contribution < 1.29 is 4.74 Å². The number of rotatable bonds is 4. The van der Waals surface area contributed by atoms with Crippen LogP contribution in [0.4, 0.5) is 5.69 Å². The van der Waals surface area contributed by atoms with E-state index in [-0.39, 0.29) is 0 Å². The maximum atomic E-state index is 9.25. The van der Waals surface area contributed by atoms with E-state index in [0.29, 0.717) is 5.92 Å². The zero-order valence-electron chi connectivity index (χ0n) is 11.6.